The number of aromatic nitrogens is 1. The number of carboxylic acids is 1. The number of benzene rings is 1. The van der Waals surface area contributed by atoms with Gasteiger partial charge >= 0.3 is 5.97 Å². The molecule has 1 aromatic heterocycles. The maximum atomic E-state index is 13.6. The van der Waals surface area contributed by atoms with Crippen molar-refractivity contribution in [2.24, 2.45) is 0 Å². The highest BCUT2D eigenvalue weighted by Gasteiger charge is 2.29. The summed E-state index contributed by atoms with van der Waals surface area (Å²) in [5.74, 6) is -2.77. The highest BCUT2D eigenvalue weighted by Crippen LogP contribution is 2.40. The van der Waals surface area contributed by atoms with Crippen molar-refractivity contribution >= 4 is 22.8 Å². The molecule has 1 unspecified atom stereocenters. The van der Waals surface area contributed by atoms with Crippen molar-refractivity contribution in [3.05, 3.63) is 41.3 Å². The summed E-state index contributed by atoms with van der Waals surface area (Å²) in [6, 6.07) is 3.52. The van der Waals surface area contributed by atoms with Gasteiger partial charge in [0.25, 0.3) is 5.91 Å². The average molecular weight is 352 g/mol. The SMILES string of the molecule is O=C(NC(CC(F)F)C(=O)O)c1cc(C2CC2)nc2ccc(F)cc12. The maximum absolute atomic E-state index is 13.6. The number of pyridine rings is 1. The van der Waals surface area contributed by atoms with Gasteiger partial charge in [-0.3, -0.25) is 9.78 Å². The second kappa shape index (κ2) is 6.70. The topological polar surface area (TPSA) is 79.3 Å². The van der Waals surface area contributed by atoms with E-state index < -0.39 is 36.6 Å². The molecule has 5 nitrogen and oxygen atoms in total. The Hall–Kier alpha value is -2.64. The van der Waals surface area contributed by atoms with Crippen LogP contribution in [0.15, 0.2) is 24.3 Å². The normalized spacial score (nSPS) is 15.4. The predicted octanol–water partition coefficient (Wildman–Crippen LogP) is 3.09. The lowest BCUT2D eigenvalue weighted by Gasteiger charge is -2.15. The van der Waals surface area contributed by atoms with Crippen molar-refractivity contribution in [3.8, 4) is 0 Å². The van der Waals surface area contributed by atoms with Crippen LogP contribution in [0.5, 0.6) is 0 Å². The number of carbonyl (C=O) groups excluding carboxylic acids is 1. The van der Waals surface area contributed by atoms with Crippen LogP contribution >= 0.6 is 0 Å². The molecule has 1 amide bonds. The van der Waals surface area contributed by atoms with Crippen molar-refractivity contribution in [3.63, 3.8) is 0 Å². The largest absolute Gasteiger partial charge is 0.480 e. The monoisotopic (exact) mass is 352 g/mol. The number of fused-ring (bicyclic) bond motifs is 1. The second-order valence-corrected chi connectivity index (χ2v) is 6.02. The molecule has 1 saturated carbocycles. The summed E-state index contributed by atoms with van der Waals surface area (Å²) >= 11 is 0. The molecule has 132 valence electrons. The molecule has 8 heteroatoms. The number of nitrogens with zero attached hydrogens (tertiary/aromatic N) is 1. The van der Waals surface area contributed by atoms with Gasteiger partial charge in [0.2, 0.25) is 6.43 Å². The number of hydrogen-bond donors (Lipinski definition) is 2. The molecule has 1 aliphatic carbocycles. The van der Waals surface area contributed by atoms with Gasteiger partial charge in [-0.05, 0) is 37.1 Å². The van der Waals surface area contributed by atoms with E-state index in [2.05, 4.69) is 10.3 Å². The first-order valence-corrected chi connectivity index (χ1v) is 7.77. The highest BCUT2D eigenvalue weighted by molar-refractivity contribution is 6.07. The molecule has 0 spiro atoms. The number of carbonyl (C=O) groups is 2. The standard InChI is InChI=1S/C17H15F3N2O3/c18-9-3-4-12-10(5-9)11(6-13(21-12)8-1-2-8)16(23)22-14(17(24)25)7-15(19)20/h3-6,8,14-15H,1-2,7H2,(H,22,23)(H,24,25). The Labute approximate surface area is 140 Å². The van der Waals surface area contributed by atoms with Crippen LogP contribution in [0.2, 0.25) is 0 Å². The minimum atomic E-state index is -2.88. The van der Waals surface area contributed by atoms with Crippen LogP contribution < -0.4 is 5.32 Å². The Morgan fingerprint density at radius 2 is 2.00 bits per heavy atom. The third-order valence-electron chi connectivity index (χ3n) is 4.05. The lowest BCUT2D eigenvalue weighted by molar-refractivity contribution is -0.140. The molecule has 2 aromatic rings. The maximum Gasteiger partial charge on any atom is 0.326 e. The molecule has 1 atom stereocenters. The van der Waals surface area contributed by atoms with E-state index in [0.717, 1.165) is 18.9 Å². The number of rotatable bonds is 6. The van der Waals surface area contributed by atoms with E-state index in [9.17, 15) is 22.8 Å². The minimum Gasteiger partial charge on any atom is -0.480 e. The van der Waals surface area contributed by atoms with Gasteiger partial charge in [-0.2, -0.15) is 0 Å². The molecule has 2 N–H and O–H groups in total. The van der Waals surface area contributed by atoms with E-state index in [4.69, 9.17) is 5.11 Å². The van der Waals surface area contributed by atoms with Gasteiger partial charge in [-0.1, -0.05) is 0 Å². The van der Waals surface area contributed by atoms with E-state index >= 15 is 0 Å². The molecule has 25 heavy (non-hydrogen) atoms. The Morgan fingerprint density at radius 1 is 1.28 bits per heavy atom. The number of nitrogens with one attached hydrogen (secondary N) is 1. The quantitative estimate of drug-likeness (QED) is 0.837. The van der Waals surface area contributed by atoms with Gasteiger partial charge in [0.15, 0.2) is 0 Å². The molecule has 1 fully saturated rings. The van der Waals surface area contributed by atoms with Crippen LogP contribution in [0.3, 0.4) is 0 Å². The number of halogens is 3. The first kappa shape index (κ1) is 17.2. The molecule has 3 rings (SSSR count). The van der Waals surface area contributed by atoms with Gasteiger partial charge in [-0.15, -0.1) is 0 Å². The van der Waals surface area contributed by atoms with Gasteiger partial charge in [0.1, 0.15) is 11.9 Å². The molecule has 1 aromatic carbocycles. The first-order valence-electron chi connectivity index (χ1n) is 7.77. The summed E-state index contributed by atoms with van der Waals surface area (Å²) in [5, 5.41) is 11.3. The number of aliphatic carboxylic acids is 1. The zero-order chi connectivity index (χ0) is 18.1. The third kappa shape index (κ3) is 3.89. The van der Waals surface area contributed by atoms with Crippen molar-refractivity contribution in [1.29, 1.82) is 0 Å². The summed E-state index contributed by atoms with van der Waals surface area (Å²) in [5.41, 5.74) is 1.09. The Kier molecular flexibility index (Phi) is 4.61. The third-order valence-corrected chi connectivity index (χ3v) is 4.05. The first-order chi connectivity index (χ1) is 11.8. The van der Waals surface area contributed by atoms with Crippen LogP contribution in [-0.2, 0) is 4.79 Å². The molecular weight excluding hydrogens is 337 g/mol. The Morgan fingerprint density at radius 3 is 2.60 bits per heavy atom. The molecule has 1 heterocycles. The lowest BCUT2D eigenvalue weighted by atomic mass is 10.0. The van der Waals surface area contributed by atoms with Crippen molar-refractivity contribution < 1.29 is 27.9 Å². The summed E-state index contributed by atoms with van der Waals surface area (Å²) in [7, 11) is 0. The van der Waals surface area contributed by atoms with Gasteiger partial charge < -0.3 is 10.4 Å². The summed E-state index contributed by atoms with van der Waals surface area (Å²) < 4.78 is 38.6. The Bertz CT molecular complexity index is 837. The van der Waals surface area contributed by atoms with E-state index in [-0.39, 0.29) is 16.9 Å². The van der Waals surface area contributed by atoms with Crippen LogP contribution in [0, 0.1) is 5.82 Å². The highest BCUT2D eigenvalue weighted by atomic mass is 19.3. The van der Waals surface area contributed by atoms with Crippen LogP contribution in [0.4, 0.5) is 13.2 Å². The number of alkyl halides is 2. The minimum absolute atomic E-state index is 0.0342. The fourth-order valence-electron chi connectivity index (χ4n) is 2.63. The zero-order valence-electron chi connectivity index (χ0n) is 13.0. The fourth-order valence-corrected chi connectivity index (χ4v) is 2.63. The second-order valence-electron chi connectivity index (χ2n) is 6.02. The summed E-state index contributed by atoms with van der Waals surface area (Å²) in [6.07, 6.45) is -2.04. The summed E-state index contributed by atoms with van der Waals surface area (Å²) in [4.78, 5) is 28.0. The van der Waals surface area contributed by atoms with Crippen molar-refractivity contribution in [2.45, 2.75) is 37.6 Å². The van der Waals surface area contributed by atoms with E-state index in [1.807, 2.05) is 0 Å². The predicted molar refractivity (Wildman–Crippen MR) is 83.2 cm³/mol. The molecule has 0 aliphatic heterocycles. The van der Waals surface area contributed by atoms with Crippen LogP contribution in [0.1, 0.15) is 41.2 Å². The number of amides is 1. The van der Waals surface area contributed by atoms with Crippen LogP contribution in [-0.4, -0.2) is 34.4 Å². The smallest absolute Gasteiger partial charge is 0.326 e. The van der Waals surface area contributed by atoms with E-state index in [1.54, 1.807) is 0 Å². The molecular formula is C17H15F3N2O3. The molecule has 1 aliphatic rings. The fraction of sp³-hybridized carbons (Fsp3) is 0.353. The number of hydrogen-bond acceptors (Lipinski definition) is 3. The molecule has 0 bridgehead atoms. The van der Waals surface area contributed by atoms with Crippen LogP contribution in [0.25, 0.3) is 10.9 Å². The zero-order valence-corrected chi connectivity index (χ0v) is 13.0. The lowest BCUT2D eigenvalue weighted by Crippen LogP contribution is -2.42. The van der Waals surface area contributed by atoms with Crippen molar-refractivity contribution in [1.82, 2.24) is 10.3 Å². The van der Waals surface area contributed by atoms with Gasteiger partial charge in [0.05, 0.1) is 11.1 Å². The number of carboxylic acid groups (broad SMARTS) is 1. The van der Waals surface area contributed by atoms with E-state index in [1.165, 1.54) is 18.2 Å². The van der Waals surface area contributed by atoms with Crippen molar-refractivity contribution in [2.75, 3.05) is 0 Å². The van der Waals surface area contributed by atoms with Gasteiger partial charge in [-0.25, -0.2) is 18.0 Å². The molecule has 0 saturated heterocycles. The van der Waals surface area contributed by atoms with E-state index in [0.29, 0.717) is 11.2 Å². The summed E-state index contributed by atoms with van der Waals surface area (Å²) in [6.45, 7) is 0. The van der Waals surface area contributed by atoms with Gasteiger partial charge in [0, 0.05) is 23.4 Å². The Balaban J connectivity index is 1.99. The molecule has 0 radical (unpaired) electrons. The average Bonchev–Trinajstić information content (AvgIpc) is 3.37.